The Morgan fingerprint density at radius 2 is 1.44 bits per heavy atom. The van der Waals surface area contributed by atoms with Crippen LogP contribution in [0.1, 0.15) is 95.1 Å². The fourth-order valence-corrected chi connectivity index (χ4v) is 5.15. The summed E-state index contributed by atoms with van der Waals surface area (Å²) in [4.78, 5) is 20.9. The van der Waals surface area contributed by atoms with E-state index in [0.29, 0.717) is 24.6 Å². The molecule has 7 heteroatoms. The summed E-state index contributed by atoms with van der Waals surface area (Å²) in [6.45, 7) is 7.64. The third-order valence-corrected chi connectivity index (χ3v) is 6.91. The molecule has 1 atom stereocenters. The third-order valence-electron chi connectivity index (χ3n) is 6.91. The van der Waals surface area contributed by atoms with Gasteiger partial charge in [-0.3, -0.25) is 4.90 Å². The van der Waals surface area contributed by atoms with Crippen LogP contribution in [0, 0.1) is 6.92 Å². The largest absolute Gasteiger partial charge is 0.491 e. The normalized spacial score (nSPS) is 18.3. The van der Waals surface area contributed by atoms with Gasteiger partial charge in [-0.25, -0.2) is 9.59 Å². The average molecular weight is 478 g/mol. The highest BCUT2D eigenvalue weighted by Crippen LogP contribution is 2.31. The van der Waals surface area contributed by atoms with Gasteiger partial charge in [0.15, 0.2) is 0 Å². The summed E-state index contributed by atoms with van der Waals surface area (Å²) in [5, 5.41) is 25.7. The van der Waals surface area contributed by atoms with Gasteiger partial charge in [0.1, 0.15) is 18.5 Å². The maximum Gasteiger partial charge on any atom is 0.414 e. The Hall–Kier alpha value is -2.12. The van der Waals surface area contributed by atoms with Crippen LogP contribution in [0.5, 0.6) is 5.75 Å². The molecule has 2 fully saturated rings. The molecule has 192 valence electrons. The van der Waals surface area contributed by atoms with Crippen LogP contribution >= 0.6 is 0 Å². The number of carbonyl (C=O) groups is 2. The second-order valence-electron chi connectivity index (χ2n) is 10.1. The summed E-state index contributed by atoms with van der Waals surface area (Å²) in [6.07, 6.45) is 13.0. The highest BCUT2D eigenvalue weighted by Gasteiger charge is 2.30. The lowest BCUT2D eigenvalue weighted by Gasteiger charge is -2.42. The Bertz CT molecular complexity index is 738. The SMILES string of the molecule is Cc1ccc(C(C)C)c(OCC(O)CN(C2CCCCC2)C2CCCCC2)c1.O=C(O)C(=O)O. The highest BCUT2D eigenvalue weighted by atomic mass is 16.5. The van der Waals surface area contributed by atoms with Crippen molar-refractivity contribution >= 4 is 11.9 Å². The molecule has 0 amide bonds. The van der Waals surface area contributed by atoms with E-state index in [0.717, 1.165) is 12.3 Å². The number of aryl methyl sites for hydroxylation is 1. The van der Waals surface area contributed by atoms with Gasteiger partial charge in [0, 0.05) is 18.6 Å². The molecule has 1 unspecified atom stereocenters. The van der Waals surface area contributed by atoms with Crippen LogP contribution in [0.15, 0.2) is 18.2 Å². The maximum absolute atomic E-state index is 10.9. The van der Waals surface area contributed by atoms with Crippen molar-refractivity contribution in [2.45, 2.75) is 109 Å². The van der Waals surface area contributed by atoms with Gasteiger partial charge in [-0.15, -0.1) is 0 Å². The molecule has 0 saturated heterocycles. The minimum absolute atomic E-state index is 0.388. The first-order valence-electron chi connectivity index (χ1n) is 12.8. The zero-order chi connectivity index (χ0) is 25.1. The quantitative estimate of drug-likeness (QED) is 0.453. The molecule has 3 N–H and O–H groups in total. The summed E-state index contributed by atoms with van der Waals surface area (Å²) >= 11 is 0. The van der Waals surface area contributed by atoms with Gasteiger partial charge < -0.3 is 20.1 Å². The molecule has 7 nitrogen and oxygen atoms in total. The van der Waals surface area contributed by atoms with Crippen molar-refractivity contribution in [3.63, 3.8) is 0 Å². The van der Waals surface area contributed by atoms with Crippen molar-refractivity contribution in [3.05, 3.63) is 29.3 Å². The zero-order valence-electron chi connectivity index (χ0n) is 21.0. The predicted molar refractivity (Wildman–Crippen MR) is 132 cm³/mol. The van der Waals surface area contributed by atoms with Crippen LogP contribution in [0.2, 0.25) is 0 Å². The summed E-state index contributed by atoms with van der Waals surface area (Å²) in [6, 6.07) is 7.75. The molecule has 2 aliphatic rings. The van der Waals surface area contributed by atoms with E-state index in [9.17, 15) is 5.11 Å². The van der Waals surface area contributed by atoms with Gasteiger partial charge >= 0.3 is 11.9 Å². The summed E-state index contributed by atoms with van der Waals surface area (Å²) < 4.78 is 6.14. The number of carboxylic acids is 2. The second kappa shape index (κ2) is 14.3. The first-order valence-corrected chi connectivity index (χ1v) is 12.8. The van der Waals surface area contributed by atoms with Crippen molar-refractivity contribution in [2.75, 3.05) is 13.2 Å². The monoisotopic (exact) mass is 477 g/mol. The Kier molecular flexibility index (Phi) is 11.8. The Balaban J connectivity index is 0.000000604. The second-order valence-corrected chi connectivity index (χ2v) is 10.1. The lowest BCUT2D eigenvalue weighted by atomic mass is 9.88. The molecule has 34 heavy (non-hydrogen) atoms. The van der Waals surface area contributed by atoms with Crippen molar-refractivity contribution < 1.29 is 29.6 Å². The zero-order valence-corrected chi connectivity index (χ0v) is 21.0. The lowest BCUT2D eigenvalue weighted by Crippen LogP contribution is -2.49. The van der Waals surface area contributed by atoms with E-state index in [1.165, 1.54) is 75.3 Å². The van der Waals surface area contributed by atoms with Gasteiger partial charge in [0.2, 0.25) is 0 Å². The van der Waals surface area contributed by atoms with Gasteiger partial charge in [0.25, 0.3) is 0 Å². The van der Waals surface area contributed by atoms with E-state index in [-0.39, 0.29) is 0 Å². The number of ether oxygens (including phenoxy) is 1. The Labute approximate surface area is 204 Å². The topological polar surface area (TPSA) is 107 Å². The van der Waals surface area contributed by atoms with E-state index in [1.807, 2.05) is 0 Å². The van der Waals surface area contributed by atoms with Crippen molar-refractivity contribution in [1.29, 1.82) is 0 Å². The molecule has 0 aromatic heterocycles. The first kappa shape index (κ1) is 28.1. The van der Waals surface area contributed by atoms with Gasteiger partial charge in [-0.2, -0.15) is 0 Å². The number of rotatable bonds is 8. The predicted octanol–water partition coefficient (Wildman–Crippen LogP) is 4.98. The fraction of sp³-hybridized carbons (Fsp3) is 0.704. The van der Waals surface area contributed by atoms with E-state index in [4.69, 9.17) is 24.5 Å². The van der Waals surface area contributed by atoms with Crippen molar-refractivity contribution in [2.24, 2.45) is 0 Å². The molecule has 0 radical (unpaired) electrons. The first-order chi connectivity index (χ1) is 16.2. The Morgan fingerprint density at radius 3 is 1.88 bits per heavy atom. The number of aliphatic hydroxyl groups excluding tert-OH is 1. The fourth-order valence-electron chi connectivity index (χ4n) is 5.15. The van der Waals surface area contributed by atoms with Gasteiger partial charge in [-0.05, 0) is 55.7 Å². The summed E-state index contributed by atoms with van der Waals surface area (Å²) in [5.41, 5.74) is 2.44. The highest BCUT2D eigenvalue weighted by molar-refractivity contribution is 6.27. The number of carboxylic acid groups (broad SMARTS) is 2. The standard InChI is InChI=1S/C25H41NO2.C2H2O4/c1-19(2)24-15-14-20(3)16-25(24)28-18-23(27)17-26(21-10-6-4-7-11-21)22-12-8-5-9-13-22;3-1(4)2(5)6/h14-16,19,21-23,27H,4-13,17-18H2,1-3H3;(H,3,4)(H,5,6). The number of aliphatic hydroxyl groups is 1. The van der Waals surface area contributed by atoms with Crippen LogP contribution in [0.3, 0.4) is 0 Å². The number of hydrogen-bond donors (Lipinski definition) is 3. The molecule has 2 aliphatic carbocycles. The Morgan fingerprint density at radius 1 is 0.941 bits per heavy atom. The van der Waals surface area contributed by atoms with E-state index >= 15 is 0 Å². The van der Waals surface area contributed by atoms with Crippen LogP contribution in [0.4, 0.5) is 0 Å². The number of aliphatic carboxylic acids is 2. The average Bonchev–Trinajstić information content (AvgIpc) is 2.82. The summed E-state index contributed by atoms with van der Waals surface area (Å²) in [7, 11) is 0. The molecular formula is C27H43NO6. The van der Waals surface area contributed by atoms with Gasteiger partial charge in [-0.1, -0.05) is 64.5 Å². The van der Waals surface area contributed by atoms with E-state index in [2.05, 4.69) is 43.9 Å². The van der Waals surface area contributed by atoms with Crippen LogP contribution in [-0.4, -0.2) is 63.5 Å². The third kappa shape index (κ3) is 9.26. The van der Waals surface area contributed by atoms with Crippen molar-refractivity contribution in [1.82, 2.24) is 4.90 Å². The van der Waals surface area contributed by atoms with Crippen molar-refractivity contribution in [3.8, 4) is 5.75 Å². The molecule has 1 aromatic carbocycles. The molecule has 0 spiro atoms. The minimum Gasteiger partial charge on any atom is -0.491 e. The van der Waals surface area contributed by atoms with Crippen LogP contribution in [-0.2, 0) is 9.59 Å². The molecule has 0 aliphatic heterocycles. The maximum atomic E-state index is 10.9. The van der Waals surface area contributed by atoms with E-state index in [1.54, 1.807) is 0 Å². The minimum atomic E-state index is -1.82. The molecule has 3 rings (SSSR count). The molecule has 2 saturated carbocycles. The molecule has 0 heterocycles. The van der Waals surface area contributed by atoms with Gasteiger partial charge in [0.05, 0.1) is 0 Å². The number of benzene rings is 1. The molecule has 0 bridgehead atoms. The molecule has 1 aromatic rings. The number of nitrogens with zero attached hydrogens (tertiary/aromatic N) is 1. The lowest BCUT2D eigenvalue weighted by molar-refractivity contribution is -0.159. The van der Waals surface area contributed by atoms with E-state index < -0.39 is 18.0 Å². The molecular weight excluding hydrogens is 434 g/mol. The van der Waals surface area contributed by atoms with Crippen LogP contribution in [0.25, 0.3) is 0 Å². The smallest absolute Gasteiger partial charge is 0.414 e. The summed E-state index contributed by atoms with van der Waals surface area (Å²) in [5.74, 6) is -2.28. The van der Waals surface area contributed by atoms with Crippen LogP contribution < -0.4 is 4.74 Å². The number of hydrogen-bond acceptors (Lipinski definition) is 5.